The lowest BCUT2D eigenvalue weighted by atomic mass is 9.78. The maximum atomic E-state index is 9.71. The van der Waals surface area contributed by atoms with Crippen molar-refractivity contribution in [2.75, 3.05) is 35.3 Å². The number of aliphatic hydroxyl groups is 1. The number of hydrogen-bond acceptors (Lipinski definition) is 11. The van der Waals surface area contributed by atoms with Crippen molar-refractivity contribution in [3.63, 3.8) is 0 Å². The van der Waals surface area contributed by atoms with Crippen LogP contribution in [0.25, 0.3) is 0 Å². The van der Waals surface area contributed by atoms with E-state index >= 15 is 0 Å². The number of piperidine rings is 2. The van der Waals surface area contributed by atoms with Crippen LogP contribution < -0.4 is 15.1 Å². The minimum Gasteiger partial charge on any atom is -0.395 e. The Morgan fingerprint density at radius 2 is 1.10 bits per heavy atom. The van der Waals surface area contributed by atoms with Crippen LogP contribution in [-0.4, -0.2) is 103 Å². The third-order valence-electron chi connectivity index (χ3n) is 11.8. The van der Waals surface area contributed by atoms with Crippen molar-refractivity contribution in [1.82, 2.24) is 25.1 Å². The lowest BCUT2D eigenvalue weighted by Gasteiger charge is -2.57. The Morgan fingerprint density at radius 1 is 0.680 bits per heavy atom. The average molecular weight is 701 g/mol. The summed E-state index contributed by atoms with van der Waals surface area (Å²) in [5.74, 6) is 1.85. The Hall–Kier alpha value is -1.79. The number of nitrogens with one attached hydrogen (secondary N) is 1. The van der Waals surface area contributed by atoms with E-state index < -0.39 is 0 Å². The number of hydroxylamine groups is 4. The highest BCUT2D eigenvalue weighted by Gasteiger charge is 2.51. The smallest absolute Gasteiger partial charge is 0.232 e. The molecule has 0 spiro atoms. The van der Waals surface area contributed by atoms with Crippen LogP contribution >= 0.6 is 0 Å². The van der Waals surface area contributed by atoms with Crippen molar-refractivity contribution in [2.45, 2.75) is 212 Å². The van der Waals surface area contributed by atoms with Gasteiger partial charge in [0.05, 0.1) is 18.8 Å². The highest BCUT2D eigenvalue weighted by molar-refractivity contribution is 5.47. The first kappa shape index (κ1) is 39.4. The Bertz CT molecular complexity index is 1210. The largest absolute Gasteiger partial charge is 0.395 e. The molecule has 5 rings (SSSR count). The molecule has 3 heterocycles. The number of aliphatic hydroxyl groups excluding tert-OH is 1. The van der Waals surface area contributed by atoms with Crippen molar-refractivity contribution in [3.05, 3.63) is 0 Å². The highest BCUT2D eigenvalue weighted by Crippen LogP contribution is 2.45. The number of rotatable bonds is 12. The van der Waals surface area contributed by atoms with Crippen LogP contribution in [0, 0.1) is 0 Å². The lowest BCUT2D eigenvalue weighted by molar-refractivity contribution is -0.310. The van der Waals surface area contributed by atoms with E-state index in [1.807, 2.05) is 0 Å². The van der Waals surface area contributed by atoms with Gasteiger partial charge in [-0.25, -0.2) is 0 Å². The zero-order valence-electron chi connectivity index (χ0n) is 33.6. The second kappa shape index (κ2) is 15.7. The molecule has 4 fully saturated rings. The van der Waals surface area contributed by atoms with Crippen LogP contribution in [0.2, 0.25) is 0 Å². The van der Waals surface area contributed by atoms with Crippen LogP contribution in [0.1, 0.15) is 159 Å². The summed E-state index contributed by atoms with van der Waals surface area (Å²) in [7, 11) is 2.14. The predicted molar refractivity (Wildman–Crippen MR) is 203 cm³/mol. The van der Waals surface area contributed by atoms with Crippen LogP contribution in [0.15, 0.2) is 0 Å². The summed E-state index contributed by atoms with van der Waals surface area (Å²) in [4.78, 5) is 33.6. The molecule has 2 N–H and O–H groups in total. The van der Waals surface area contributed by atoms with Gasteiger partial charge in [-0.2, -0.15) is 25.1 Å². The molecule has 0 radical (unpaired) electrons. The summed E-state index contributed by atoms with van der Waals surface area (Å²) >= 11 is 0. The molecule has 2 saturated carbocycles. The standard InChI is InChI=1S/C39H72N8O3/c1-28(2)45(30-26-38(7,8)47(39(9,10)27-30)50-32-20-16-13-17-21-32)35-42-33(40-22-23-48)41-34(43-35)44(11)29-24-36(3,4)46(37(5,6)25-29)49-31-18-14-12-15-19-31/h28-32,48H,12-27H2,1-11H3,(H,40,41,42,43). The van der Waals surface area contributed by atoms with E-state index in [0.29, 0.717) is 36.6 Å². The van der Waals surface area contributed by atoms with E-state index in [2.05, 4.69) is 102 Å². The normalized spacial score (nSPS) is 25.5. The van der Waals surface area contributed by atoms with Gasteiger partial charge in [0.1, 0.15) is 0 Å². The molecular weight excluding hydrogens is 628 g/mol. The van der Waals surface area contributed by atoms with Crippen LogP contribution in [0.4, 0.5) is 17.8 Å². The molecule has 2 aliphatic heterocycles. The van der Waals surface area contributed by atoms with E-state index in [1.165, 1.54) is 38.5 Å². The molecule has 286 valence electrons. The maximum absolute atomic E-state index is 9.71. The molecule has 2 aliphatic carbocycles. The van der Waals surface area contributed by atoms with Gasteiger partial charge in [0, 0.05) is 53.9 Å². The molecule has 1 aromatic heterocycles. The van der Waals surface area contributed by atoms with Gasteiger partial charge in [-0.1, -0.05) is 38.5 Å². The molecule has 0 amide bonds. The second-order valence-electron chi connectivity index (χ2n) is 18.7. The van der Waals surface area contributed by atoms with Gasteiger partial charge >= 0.3 is 0 Å². The summed E-state index contributed by atoms with van der Waals surface area (Å²) in [6.45, 7) is 23.5. The Labute approximate surface area is 304 Å². The van der Waals surface area contributed by atoms with Gasteiger partial charge in [-0.15, -0.1) is 0 Å². The molecule has 0 atom stereocenters. The number of hydrogen-bond donors (Lipinski definition) is 2. The monoisotopic (exact) mass is 701 g/mol. The molecule has 0 unspecified atom stereocenters. The SMILES string of the molecule is CC(C)N(c1nc(NCCO)nc(N(C)C2CC(C)(C)N(OC3CCCCC3)C(C)(C)C2)n1)C1CC(C)(C)N(OC2CCCCC2)C(C)(C)C1. The first-order chi connectivity index (χ1) is 23.4. The third kappa shape index (κ3) is 9.04. The summed E-state index contributed by atoms with van der Waals surface area (Å²) < 4.78 is 0. The van der Waals surface area contributed by atoms with Gasteiger partial charge < -0.3 is 20.2 Å². The fourth-order valence-corrected chi connectivity index (χ4v) is 9.95. The molecule has 0 aromatic carbocycles. The summed E-state index contributed by atoms with van der Waals surface area (Å²) in [6, 6.07) is 0.579. The van der Waals surface area contributed by atoms with Gasteiger partial charge in [-0.3, -0.25) is 9.68 Å². The van der Waals surface area contributed by atoms with Crippen molar-refractivity contribution in [2.24, 2.45) is 0 Å². The molecular formula is C39H72N8O3. The van der Waals surface area contributed by atoms with Gasteiger partial charge in [0.25, 0.3) is 0 Å². The van der Waals surface area contributed by atoms with E-state index in [9.17, 15) is 5.11 Å². The minimum absolute atomic E-state index is 0.00372. The summed E-state index contributed by atoms with van der Waals surface area (Å²) in [5.41, 5.74) is -0.680. The van der Waals surface area contributed by atoms with Crippen LogP contribution in [-0.2, 0) is 9.68 Å². The van der Waals surface area contributed by atoms with Crippen molar-refractivity contribution in [3.8, 4) is 0 Å². The first-order valence-electron chi connectivity index (χ1n) is 20.0. The van der Waals surface area contributed by atoms with E-state index in [4.69, 9.17) is 24.6 Å². The van der Waals surface area contributed by atoms with E-state index in [0.717, 1.165) is 51.4 Å². The zero-order chi connectivity index (χ0) is 36.5. The topological polar surface area (TPSA) is 102 Å². The van der Waals surface area contributed by atoms with Gasteiger partial charge in [-0.05, 0) is 121 Å². The molecule has 0 bridgehead atoms. The van der Waals surface area contributed by atoms with Crippen molar-refractivity contribution in [1.29, 1.82) is 0 Å². The lowest BCUT2D eigenvalue weighted by Crippen LogP contribution is -2.65. The van der Waals surface area contributed by atoms with E-state index in [1.54, 1.807) is 0 Å². The molecule has 11 heteroatoms. The second-order valence-corrected chi connectivity index (χ2v) is 18.7. The van der Waals surface area contributed by atoms with Crippen LogP contribution in [0.5, 0.6) is 0 Å². The van der Waals surface area contributed by atoms with Gasteiger partial charge in [0.2, 0.25) is 17.8 Å². The van der Waals surface area contributed by atoms with Gasteiger partial charge in [0.15, 0.2) is 0 Å². The molecule has 50 heavy (non-hydrogen) atoms. The minimum atomic E-state index is -0.174. The Morgan fingerprint density at radius 3 is 1.52 bits per heavy atom. The zero-order valence-corrected chi connectivity index (χ0v) is 33.6. The Balaban J connectivity index is 1.41. The number of aromatic nitrogens is 3. The molecule has 1 aromatic rings. The van der Waals surface area contributed by atoms with E-state index in [-0.39, 0.29) is 46.9 Å². The fraction of sp³-hybridized carbons (Fsp3) is 0.923. The highest BCUT2D eigenvalue weighted by atomic mass is 16.7. The number of anilines is 3. The first-order valence-corrected chi connectivity index (χ1v) is 20.0. The van der Waals surface area contributed by atoms with Crippen LogP contribution in [0.3, 0.4) is 0 Å². The molecule has 2 saturated heterocycles. The Kier molecular flexibility index (Phi) is 12.4. The molecule has 4 aliphatic rings. The quantitative estimate of drug-likeness (QED) is 0.227. The summed E-state index contributed by atoms with van der Waals surface area (Å²) in [6.07, 6.45) is 16.6. The average Bonchev–Trinajstić information content (AvgIpc) is 3.03. The fourth-order valence-electron chi connectivity index (χ4n) is 9.95. The third-order valence-corrected chi connectivity index (χ3v) is 11.8. The summed E-state index contributed by atoms with van der Waals surface area (Å²) in [5, 5.41) is 17.6. The maximum Gasteiger partial charge on any atom is 0.232 e. The number of nitrogens with zero attached hydrogens (tertiary/aromatic N) is 7. The van der Waals surface area contributed by atoms with Crippen molar-refractivity contribution < 1.29 is 14.8 Å². The predicted octanol–water partition coefficient (Wildman–Crippen LogP) is 7.50. The van der Waals surface area contributed by atoms with Crippen molar-refractivity contribution >= 4 is 17.8 Å². The molecule has 11 nitrogen and oxygen atoms in total.